The quantitative estimate of drug-likeness (QED) is 0.746. The van der Waals surface area contributed by atoms with Crippen molar-refractivity contribution >= 4 is 28.5 Å². The minimum Gasteiger partial charge on any atom is -0.421 e. The lowest BCUT2D eigenvalue weighted by Crippen LogP contribution is -2.27. The van der Waals surface area contributed by atoms with Gasteiger partial charge in [0.25, 0.3) is 5.91 Å². The fraction of sp³-hybridized carbons (Fsp3) is 0.111. The van der Waals surface area contributed by atoms with Gasteiger partial charge >= 0.3 is 5.63 Å². The molecule has 5 heteroatoms. The van der Waals surface area contributed by atoms with E-state index in [-0.39, 0.29) is 11.1 Å². The number of nitrogens with one attached hydrogen (secondary N) is 1. The van der Waals surface area contributed by atoms with Crippen molar-refractivity contribution in [1.29, 1.82) is 0 Å². The van der Waals surface area contributed by atoms with Gasteiger partial charge in [-0.25, -0.2) is 4.79 Å². The molecule has 0 radical (unpaired) electrons. The lowest BCUT2D eigenvalue weighted by Gasteiger charge is -2.06. The van der Waals surface area contributed by atoms with Gasteiger partial charge in [-0.3, -0.25) is 4.79 Å². The molecule has 0 aliphatic heterocycles. The number of amides is 1. The maximum absolute atomic E-state index is 12.2. The molecule has 1 amide bonds. The van der Waals surface area contributed by atoms with Crippen LogP contribution in [0.4, 0.5) is 0 Å². The van der Waals surface area contributed by atoms with E-state index >= 15 is 0 Å². The first-order chi connectivity index (χ1) is 11.0. The molecule has 23 heavy (non-hydrogen) atoms. The molecule has 116 valence electrons. The molecule has 0 fully saturated rings. The number of hydrogen-bond donors (Lipinski definition) is 1. The molecule has 1 aromatic heterocycles. The number of halogens is 1. The maximum Gasteiger partial charge on any atom is 0.349 e. The van der Waals surface area contributed by atoms with Crippen molar-refractivity contribution in [3.8, 4) is 0 Å². The van der Waals surface area contributed by atoms with Gasteiger partial charge in [0.05, 0.1) is 5.02 Å². The van der Waals surface area contributed by atoms with E-state index in [9.17, 15) is 9.59 Å². The van der Waals surface area contributed by atoms with E-state index in [1.165, 1.54) is 6.07 Å². The third kappa shape index (κ3) is 3.27. The van der Waals surface area contributed by atoms with Crippen molar-refractivity contribution < 1.29 is 9.21 Å². The van der Waals surface area contributed by atoms with Crippen LogP contribution in [-0.4, -0.2) is 5.91 Å². The number of benzene rings is 2. The second-order valence-corrected chi connectivity index (χ2v) is 5.68. The summed E-state index contributed by atoms with van der Waals surface area (Å²) in [5.41, 5.74) is 1.65. The maximum atomic E-state index is 12.2. The average Bonchev–Trinajstić information content (AvgIpc) is 2.54. The molecule has 3 rings (SSSR count). The molecule has 0 saturated heterocycles. The lowest BCUT2D eigenvalue weighted by molar-refractivity contribution is 0.0947. The average molecular weight is 328 g/mol. The van der Waals surface area contributed by atoms with Crippen LogP contribution in [0.15, 0.2) is 57.7 Å². The third-order valence-corrected chi connectivity index (χ3v) is 3.83. The summed E-state index contributed by atoms with van der Waals surface area (Å²) in [6.07, 6.45) is 0. The molecule has 0 unspecified atom stereocenters. The molecular formula is C18H14ClNO3. The predicted molar refractivity (Wildman–Crippen MR) is 89.8 cm³/mol. The van der Waals surface area contributed by atoms with E-state index in [0.29, 0.717) is 17.0 Å². The number of aryl methyl sites for hydroxylation is 1. The van der Waals surface area contributed by atoms with Crippen LogP contribution in [0.25, 0.3) is 11.0 Å². The van der Waals surface area contributed by atoms with Crippen LogP contribution in [0, 0.1) is 6.92 Å². The zero-order valence-electron chi connectivity index (χ0n) is 12.4. The third-order valence-electron chi connectivity index (χ3n) is 3.53. The molecule has 0 atom stereocenters. The van der Waals surface area contributed by atoms with Gasteiger partial charge in [-0.1, -0.05) is 53.6 Å². The highest BCUT2D eigenvalue weighted by atomic mass is 35.5. The number of rotatable bonds is 3. The molecule has 0 saturated carbocycles. The Balaban J connectivity index is 1.84. The van der Waals surface area contributed by atoms with E-state index in [1.54, 1.807) is 18.2 Å². The van der Waals surface area contributed by atoms with E-state index in [2.05, 4.69) is 5.32 Å². The smallest absolute Gasteiger partial charge is 0.349 e. The fourth-order valence-corrected chi connectivity index (χ4v) is 2.47. The molecular weight excluding hydrogens is 314 g/mol. The minimum atomic E-state index is -0.702. The highest BCUT2D eigenvalue weighted by Gasteiger charge is 2.14. The summed E-state index contributed by atoms with van der Waals surface area (Å²) < 4.78 is 5.16. The van der Waals surface area contributed by atoms with Gasteiger partial charge in [-0.15, -0.1) is 0 Å². The summed E-state index contributed by atoms with van der Waals surface area (Å²) in [5.74, 6) is -0.471. The normalized spacial score (nSPS) is 10.7. The number of carbonyl (C=O) groups excluding carboxylic acids is 1. The van der Waals surface area contributed by atoms with Gasteiger partial charge in [0.15, 0.2) is 5.58 Å². The molecule has 1 heterocycles. The Bertz CT molecular complexity index is 929. The summed E-state index contributed by atoms with van der Waals surface area (Å²) in [5, 5.41) is 3.67. The second kappa shape index (κ2) is 6.26. The van der Waals surface area contributed by atoms with Crippen molar-refractivity contribution in [1.82, 2.24) is 5.32 Å². The molecule has 4 nitrogen and oxygen atoms in total. The monoisotopic (exact) mass is 327 g/mol. The van der Waals surface area contributed by atoms with Gasteiger partial charge < -0.3 is 9.73 Å². The van der Waals surface area contributed by atoms with E-state index in [0.717, 1.165) is 11.1 Å². The van der Waals surface area contributed by atoms with Crippen molar-refractivity contribution in [2.45, 2.75) is 13.5 Å². The van der Waals surface area contributed by atoms with Crippen LogP contribution in [0.1, 0.15) is 21.5 Å². The molecule has 3 aromatic rings. The topological polar surface area (TPSA) is 59.3 Å². The number of hydrogen-bond acceptors (Lipinski definition) is 3. The van der Waals surface area contributed by atoms with E-state index in [1.807, 2.05) is 31.2 Å². The van der Waals surface area contributed by atoms with Crippen LogP contribution in [0.2, 0.25) is 5.02 Å². The Labute approximate surface area is 137 Å². The van der Waals surface area contributed by atoms with Gasteiger partial charge in [-0.2, -0.15) is 0 Å². The molecule has 0 aliphatic carbocycles. The molecule has 1 N–H and O–H groups in total. The van der Waals surface area contributed by atoms with Crippen LogP contribution in [-0.2, 0) is 6.54 Å². The first-order valence-corrected chi connectivity index (χ1v) is 7.48. The van der Waals surface area contributed by atoms with Crippen LogP contribution in [0.3, 0.4) is 0 Å². The highest BCUT2D eigenvalue weighted by Crippen LogP contribution is 2.22. The van der Waals surface area contributed by atoms with Crippen molar-refractivity contribution in [2.75, 3.05) is 0 Å². The van der Waals surface area contributed by atoms with Crippen molar-refractivity contribution in [3.63, 3.8) is 0 Å². The van der Waals surface area contributed by atoms with E-state index in [4.69, 9.17) is 16.0 Å². The van der Waals surface area contributed by atoms with Crippen LogP contribution in [0.5, 0.6) is 0 Å². The van der Waals surface area contributed by atoms with Crippen molar-refractivity contribution in [2.24, 2.45) is 0 Å². The standard InChI is InChI=1S/C18H14ClNO3/c1-11-5-7-12(8-6-11)10-20-17(21)14-9-13-3-2-4-15(19)16(13)23-18(14)22/h2-9H,10H2,1H3,(H,20,21). The van der Waals surface area contributed by atoms with Gasteiger partial charge in [-0.05, 0) is 24.6 Å². The molecule has 0 bridgehead atoms. The lowest BCUT2D eigenvalue weighted by atomic mass is 10.1. The van der Waals surface area contributed by atoms with Gasteiger partial charge in [0.2, 0.25) is 0 Å². The van der Waals surface area contributed by atoms with Gasteiger partial charge in [0, 0.05) is 11.9 Å². The van der Waals surface area contributed by atoms with Crippen LogP contribution < -0.4 is 10.9 Å². The first kappa shape index (κ1) is 15.3. The summed E-state index contributed by atoms with van der Waals surface area (Å²) in [6, 6.07) is 14.4. The SMILES string of the molecule is Cc1ccc(CNC(=O)c2cc3cccc(Cl)c3oc2=O)cc1. The zero-order chi connectivity index (χ0) is 16.4. The molecule has 2 aromatic carbocycles. The molecule has 0 aliphatic rings. The Morgan fingerprint density at radius 1 is 1.17 bits per heavy atom. The highest BCUT2D eigenvalue weighted by molar-refractivity contribution is 6.34. The van der Waals surface area contributed by atoms with Crippen molar-refractivity contribution in [3.05, 3.63) is 80.7 Å². The number of fused-ring (bicyclic) bond motifs is 1. The predicted octanol–water partition coefficient (Wildman–Crippen LogP) is 3.68. The summed E-state index contributed by atoms with van der Waals surface area (Å²) >= 11 is 5.98. The fourth-order valence-electron chi connectivity index (χ4n) is 2.25. The zero-order valence-corrected chi connectivity index (χ0v) is 13.2. The summed E-state index contributed by atoms with van der Waals surface area (Å²) in [6.45, 7) is 2.33. The Morgan fingerprint density at radius 2 is 1.91 bits per heavy atom. The number of carbonyl (C=O) groups is 1. The largest absolute Gasteiger partial charge is 0.421 e. The first-order valence-electron chi connectivity index (χ1n) is 7.11. The summed E-state index contributed by atoms with van der Waals surface area (Å²) in [4.78, 5) is 24.2. The summed E-state index contributed by atoms with van der Waals surface area (Å²) in [7, 11) is 0. The van der Waals surface area contributed by atoms with Crippen LogP contribution >= 0.6 is 11.6 Å². The van der Waals surface area contributed by atoms with E-state index < -0.39 is 11.5 Å². The van der Waals surface area contributed by atoms with Gasteiger partial charge in [0.1, 0.15) is 5.56 Å². The Hall–Kier alpha value is -2.59. The number of para-hydroxylation sites is 1. The Morgan fingerprint density at radius 3 is 2.65 bits per heavy atom. The second-order valence-electron chi connectivity index (χ2n) is 5.27. The molecule has 0 spiro atoms. The minimum absolute atomic E-state index is 0.0353. The Kier molecular flexibility index (Phi) is 4.17.